The molecular formula is C18H26N2OS. The van der Waals surface area contributed by atoms with Crippen LogP contribution in [0.1, 0.15) is 68.5 Å². The summed E-state index contributed by atoms with van der Waals surface area (Å²) in [6, 6.07) is 0. The van der Waals surface area contributed by atoms with Crippen LogP contribution in [0.3, 0.4) is 0 Å². The molecule has 0 N–H and O–H groups in total. The Balaban J connectivity index is 1.60. The highest BCUT2D eigenvalue weighted by molar-refractivity contribution is 7.09. The van der Waals surface area contributed by atoms with Crippen molar-refractivity contribution >= 4 is 17.2 Å². The van der Waals surface area contributed by atoms with Crippen LogP contribution in [-0.4, -0.2) is 28.9 Å². The Kier molecular flexibility index (Phi) is 4.97. The van der Waals surface area contributed by atoms with Gasteiger partial charge < -0.3 is 4.90 Å². The summed E-state index contributed by atoms with van der Waals surface area (Å²) in [7, 11) is 0. The summed E-state index contributed by atoms with van der Waals surface area (Å²) in [5.41, 5.74) is 1.19. The summed E-state index contributed by atoms with van der Waals surface area (Å²) < 4.78 is 0. The van der Waals surface area contributed by atoms with E-state index in [-0.39, 0.29) is 0 Å². The van der Waals surface area contributed by atoms with Crippen molar-refractivity contribution in [2.75, 3.05) is 13.1 Å². The second-order valence-electron chi connectivity index (χ2n) is 6.91. The zero-order valence-electron chi connectivity index (χ0n) is 13.6. The molecule has 2 aliphatic rings. The van der Waals surface area contributed by atoms with Crippen molar-refractivity contribution in [2.45, 2.75) is 57.8 Å². The Morgan fingerprint density at radius 1 is 1.45 bits per heavy atom. The normalized spacial score (nSPS) is 25.1. The van der Waals surface area contributed by atoms with Gasteiger partial charge in [0.1, 0.15) is 0 Å². The van der Waals surface area contributed by atoms with Gasteiger partial charge in [0.15, 0.2) is 0 Å². The van der Waals surface area contributed by atoms with E-state index in [9.17, 15) is 4.79 Å². The van der Waals surface area contributed by atoms with Gasteiger partial charge >= 0.3 is 0 Å². The first-order chi connectivity index (χ1) is 10.6. The van der Waals surface area contributed by atoms with E-state index in [2.05, 4.69) is 36.3 Å². The predicted octanol–water partition coefficient (Wildman–Crippen LogP) is 4.33. The van der Waals surface area contributed by atoms with E-state index in [0.29, 0.717) is 30.1 Å². The van der Waals surface area contributed by atoms with Crippen LogP contribution in [0, 0.1) is 5.92 Å². The highest BCUT2D eigenvalue weighted by Gasteiger charge is 2.28. The minimum absolute atomic E-state index is 0.335. The van der Waals surface area contributed by atoms with Crippen molar-refractivity contribution in [2.24, 2.45) is 5.92 Å². The van der Waals surface area contributed by atoms with E-state index in [1.165, 1.54) is 10.7 Å². The van der Waals surface area contributed by atoms with E-state index in [1.54, 1.807) is 11.3 Å². The molecule has 120 valence electrons. The van der Waals surface area contributed by atoms with E-state index in [0.717, 1.165) is 38.8 Å². The molecule has 1 saturated heterocycles. The van der Waals surface area contributed by atoms with Crippen molar-refractivity contribution in [1.82, 2.24) is 9.88 Å². The van der Waals surface area contributed by atoms with Gasteiger partial charge in [0.2, 0.25) is 5.91 Å². The lowest BCUT2D eigenvalue weighted by atomic mass is 9.97. The van der Waals surface area contributed by atoms with Gasteiger partial charge in [-0.2, -0.15) is 0 Å². The minimum Gasteiger partial charge on any atom is -0.342 e. The summed E-state index contributed by atoms with van der Waals surface area (Å²) >= 11 is 1.77. The van der Waals surface area contributed by atoms with Crippen molar-refractivity contribution in [3.05, 3.63) is 28.2 Å². The molecule has 0 radical (unpaired) electrons. The number of nitrogens with zero attached hydrogens (tertiary/aromatic N) is 2. The van der Waals surface area contributed by atoms with Crippen molar-refractivity contribution in [3.63, 3.8) is 0 Å². The molecule has 0 unspecified atom stereocenters. The highest BCUT2D eigenvalue weighted by atomic mass is 32.1. The maximum Gasteiger partial charge on any atom is 0.223 e. The lowest BCUT2D eigenvalue weighted by molar-refractivity contribution is -0.133. The second kappa shape index (κ2) is 6.95. The molecule has 1 amide bonds. The van der Waals surface area contributed by atoms with E-state index in [1.807, 2.05) is 0 Å². The Morgan fingerprint density at radius 3 is 3.00 bits per heavy atom. The third kappa shape index (κ3) is 3.60. The number of likely N-dealkylation sites (tertiary alicyclic amines) is 1. The molecule has 0 saturated carbocycles. The van der Waals surface area contributed by atoms with Crippen LogP contribution in [0.25, 0.3) is 0 Å². The Morgan fingerprint density at radius 2 is 2.32 bits per heavy atom. The van der Waals surface area contributed by atoms with Crippen molar-refractivity contribution in [1.29, 1.82) is 0 Å². The molecule has 3 nitrogen and oxygen atoms in total. The number of carbonyl (C=O) groups is 1. The third-order valence-corrected chi connectivity index (χ3v) is 5.83. The highest BCUT2D eigenvalue weighted by Crippen LogP contribution is 2.31. The number of amides is 1. The number of hydrogen-bond acceptors (Lipinski definition) is 3. The fourth-order valence-electron chi connectivity index (χ4n) is 3.38. The molecule has 4 heteroatoms. The van der Waals surface area contributed by atoms with Crippen molar-refractivity contribution < 1.29 is 4.79 Å². The quantitative estimate of drug-likeness (QED) is 0.774. The summed E-state index contributed by atoms with van der Waals surface area (Å²) in [4.78, 5) is 19.4. The van der Waals surface area contributed by atoms with Gasteiger partial charge in [0, 0.05) is 30.8 Å². The smallest absolute Gasteiger partial charge is 0.223 e. The predicted molar refractivity (Wildman–Crippen MR) is 91.2 cm³/mol. The number of hydrogen-bond donors (Lipinski definition) is 0. The van der Waals surface area contributed by atoms with Crippen LogP contribution >= 0.6 is 11.3 Å². The monoisotopic (exact) mass is 318 g/mol. The standard InChI is InChI=1S/C18H26N2OS/c1-13(2)16-12-22-18(19-16)15-8-5-9-20(11-15)17(21)10-14-6-3-4-7-14/h3,6,12-15H,4-5,7-11H2,1-2H3/t14-,15-/m0/s1. The topological polar surface area (TPSA) is 33.2 Å². The summed E-state index contributed by atoms with van der Waals surface area (Å²) in [6.07, 6.45) is 9.67. The summed E-state index contributed by atoms with van der Waals surface area (Å²) in [6.45, 7) is 6.16. The average molecular weight is 318 g/mol. The second-order valence-corrected chi connectivity index (χ2v) is 7.80. The fraction of sp³-hybridized carbons (Fsp3) is 0.667. The number of aromatic nitrogens is 1. The van der Waals surface area contributed by atoms with Crippen LogP contribution in [0.4, 0.5) is 0 Å². The molecule has 2 heterocycles. The van der Waals surface area contributed by atoms with Gasteiger partial charge in [0.25, 0.3) is 0 Å². The SMILES string of the molecule is CC(C)c1csc([C@H]2CCCN(C(=O)C[C@H]3C=CCC3)C2)n1. The molecule has 0 spiro atoms. The fourth-order valence-corrected chi connectivity index (χ4v) is 4.49. The lowest BCUT2D eigenvalue weighted by Gasteiger charge is -2.32. The zero-order chi connectivity index (χ0) is 15.5. The van der Waals surface area contributed by atoms with Crippen LogP contribution in [-0.2, 0) is 4.79 Å². The van der Waals surface area contributed by atoms with Crippen LogP contribution in [0.5, 0.6) is 0 Å². The first-order valence-electron chi connectivity index (χ1n) is 8.53. The number of piperidine rings is 1. The van der Waals surface area contributed by atoms with Crippen LogP contribution in [0.15, 0.2) is 17.5 Å². The van der Waals surface area contributed by atoms with Crippen LogP contribution in [0.2, 0.25) is 0 Å². The first-order valence-corrected chi connectivity index (χ1v) is 9.41. The molecule has 1 aliphatic heterocycles. The van der Waals surface area contributed by atoms with Gasteiger partial charge in [0.05, 0.1) is 10.7 Å². The number of carbonyl (C=O) groups excluding carboxylic acids is 1. The van der Waals surface area contributed by atoms with Gasteiger partial charge in [-0.3, -0.25) is 4.79 Å². The zero-order valence-corrected chi connectivity index (χ0v) is 14.4. The Labute approximate surface area is 137 Å². The molecule has 1 aromatic heterocycles. The van der Waals surface area contributed by atoms with E-state index >= 15 is 0 Å². The molecule has 2 atom stereocenters. The minimum atomic E-state index is 0.335. The summed E-state index contributed by atoms with van der Waals surface area (Å²) in [5.74, 6) is 1.73. The van der Waals surface area contributed by atoms with E-state index in [4.69, 9.17) is 4.98 Å². The molecule has 1 aromatic rings. The third-order valence-electron chi connectivity index (χ3n) is 4.80. The number of thiazole rings is 1. The van der Waals surface area contributed by atoms with Gasteiger partial charge in [-0.1, -0.05) is 26.0 Å². The van der Waals surface area contributed by atoms with Gasteiger partial charge in [-0.05, 0) is 37.5 Å². The molecule has 3 rings (SSSR count). The molecular weight excluding hydrogens is 292 g/mol. The molecule has 1 fully saturated rings. The Bertz CT molecular complexity index is 549. The maximum absolute atomic E-state index is 12.5. The Hall–Kier alpha value is -1.16. The lowest BCUT2D eigenvalue weighted by Crippen LogP contribution is -2.39. The number of allylic oxidation sites excluding steroid dienone is 2. The van der Waals surface area contributed by atoms with E-state index < -0.39 is 0 Å². The summed E-state index contributed by atoms with van der Waals surface area (Å²) in [5, 5.41) is 3.41. The van der Waals surface area contributed by atoms with Gasteiger partial charge in [-0.25, -0.2) is 4.98 Å². The maximum atomic E-state index is 12.5. The largest absolute Gasteiger partial charge is 0.342 e. The number of rotatable bonds is 4. The molecule has 0 bridgehead atoms. The molecule has 1 aliphatic carbocycles. The first kappa shape index (κ1) is 15.7. The van der Waals surface area contributed by atoms with Gasteiger partial charge in [-0.15, -0.1) is 11.3 Å². The molecule has 0 aromatic carbocycles. The van der Waals surface area contributed by atoms with Crippen molar-refractivity contribution in [3.8, 4) is 0 Å². The molecule has 22 heavy (non-hydrogen) atoms. The average Bonchev–Trinajstić information content (AvgIpc) is 3.18. The van der Waals surface area contributed by atoms with Crippen LogP contribution < -0.4 is 0 Å².